The van der Waals surface area contributed by atoms with E-state index in [-0.39, 0.29) is 42.9 Å². The molecule has 0 bridgehead atoms. The van der Waals surface area contributed by atoms with Crippen molar-refractivity contribution in [2.45, 2.75) is 22.9 Å². The van der Waals surface area contributed by atoms with Crippen LogP contribution in [0.1, 0.15) is 11.1 Å². The summed E-state index contributed by atoms with van der Waals surface area (Å²) < 4.78 is 33.7. The van der Waals surface area contributed by atoms with Crippen molar-refractivity contribution in [3.8, 4) is 16.9 Å². The van der Waals surface area contributed by atoms with Gasteiger partial charge in [-0.05, 0) is 18.2 Å². The summed E-state index contributed by atoms with van der Waals surface area (Å²) in [7, 11) is 5.90. The average Bonchev–Trinajstić information content (AvgIpc) is 2.87. The second-order valence-electron chi connectivity index (χ2n) is 9.59. The predicted octanol–water partition coefficient (Wildman–Crippen LogP) is -4.35. The third kappa shape index (κ3) is 6.19. The van der Waals surface area contributed by atoms with Gasteiger partial charge in [0.2, 0.25) is 9.84 Å². The highest BCUT2D eigenvalue weighted by molar-refractivity contribution is 7.92. The zero-order valence-electron chi connectivity index (χ0n) is 19.8. The molecule has 7 nitrogen and oxygen atoms in total. The van der Waals surface area contributed by atoms with Crippen molar-refractivity contribution in [3.05, 3.63) is 41.5 Å². The Hall–Kier alpha value is -1.39. The van der Waals surface area contributed by atoms with E-state index in [2.05, 4.69) is 0 Å². The minimum absolute atomic E-state index is 0. The van der Waals surface area contributed by atoms with Gasteiger partial charge in [-0.1, -0.05) is 12.1 Å². The molecule has 2 aromatic rings. The highest BCUT2D eigenvalue weighted by Gasteiger charge is 2.37. The lowest BCUT2D eigenvalue weighted by atomic mass is 10.0. The van der Waals surface area contributed by atoms with E-state index in [1.54, 1.807) is 19.2 Å². The van der Waals surface area contributed by atoms with E-state index < -0.39 is 9.84 Å². The van der Waals surface area contributed by atoms with Gasteiger partial charge in [0.1, 0.15) is 31.9 Å². The Morgan fingerprint density at radius 3 is 1.85 bits per heavy atom. The van der Waals surface area contributed by atoms with Crippen LogP contribution in [-0.2, 0) is 22.9 Å². The predicted molar refractivity (Wildman–Crippen MR) is 119 cm³/mol. The normalized spacial score (nSPS) is 14.0. The molecule has 0 aliphatic carbocycles. The van der Waals surface area contributed by atoms with Crippen molar-refractivity contribution >= 4 is 9.84 Å². The smallest absolute Gasteiger partial charge is 0.207 e. The fourth-order valence-electron chi connectivity index (χ4n) is 4.27. The number of halogens is 2. The van der Waals surface area contributed by atoms with Crippen LogP contribution in [0.5, 0.6) is 5.75 Å². The molecule has 0 fully saturated rings. The van der Waals surface area contributed by atoms with Crippen LogP contribution in [0.25, 0.3) is 11.1 Å². The Balaban J connectivity index is 0.00000272. The topological polar surface area (TPSA) is 83.8 Å². The number of rotatable bonds is 9. The van der Waals surface area contributed by atoms with Crippen LogP contribution < -0.4 is 29.6 Å². The lowest BCUT2D eigenvalue weighted by molar-refractivity contribution is -0.903. The minimum Gasteiger partial charge on any atom is -1.00 e. The Morgan fingerprint density at radius 1 is 0.818 bits per heavy atom. The van der Waals surface area contributed by atoms with Gasteiger partial charge in [0.25, 0.3) is 0 Å². The van der Waals surface area contributed by atoms with E-state index in [0.717, 1.165) is 11.1 Å². The first-order chi connectivity index (χ1) is 14.4. The van der Waals surface area contributed by atoms with E-state index in [9.17, 15) is 18.6 Å². The van der Waals surface area contributed by atoms with E-state index in [0.29, 0.717) is 56.9 Å². The highest BCUT2D eigenvalue weighted by atomic mass is 35.5. The summed E-state index contributed by atoms with van der Waals surface area (Å²) in [4.78, 5) is 0.589. The quantitative estimate of drug-likeness (QED) is 0.279. The van der Waals surface area contributed by atoms with Gasteiger partial charge in [-0.25, -0.2) is 8.42 Å². The standard InChI is InChI=1S/C23H34N2O5S.2ClH/c1-24(2,8-10-26)15-17-6-7-19-21(13-17)31(28,29)22-14-18(12-20(30-5)23(19)22)16-25(3,4)9-11-27;;/h6-7,12-14,26-27H,8-11,15-16H2,1-5H3;2*1H/q+2;;/p-2. The van der Waals surface area contributed by atoms with Crippen LogP contribution in [0.15, 0.2) is 40.1 Å². The van der Waals surface area contributed by atoms with E-state index in [4.69, 9.17) is 4.74 Å². The summed E-state index contributed by atoms with van der Waals surface area (Å²) in [5.41, 5.74) is 3.04. The number of fused-ring (bicyclic) bond motifs is 3. The molecule has 0 atom stereocenters. The first-order valence-electron chi connectivity index (χ1n) is 10.4. The number of aliphatic hydroxyl groups is 2. The molecule has 3 rings (SSSR count). The number of methoxy groups -OCH3 is 1. The van der Waals surface area contributed by atoms with Crippen molar-refractivity contribution in [1.82, 2.24) is 0 Å². The number of hydrogen-bond donors (Lipinski definition) is 2. The summed E-state index contributed by atoms with van der Waals surface area (Å²) >= 11 is 0. The first-order valence-corrected chi connectivity index (χ1v) is 11.9. The van der Waals surface area contributed by atoms with Crippen LogP contribution in [0.2, 0.25) is 0 Å². The molecule has 10 heteroatoms. The highest BCUT2D eigenvalue weighted by Crippen LogP contribution is 2.49. The Morgan fingerprint density at radius 2 is 1.33 bits per heavy atom. The fourth-order valence-corrected chi connectivity index (χ4v) is 6.06. The number of nitrogens with zero attached hydrogens (tertiary/aromatic N) is 2. The molecule has 1 aliphatic rings. The van der Waals surface area contributed by atoms with E-state index >= 15 is 0 Å². The Kier molecular flexibility index (Phi) is 9.79. The largest absolute Gasteiger partial charge is 1.00 e. The van der Waals surface area contributed by atoms with Gasteiger partial charge in [0.05, 0.1) is 58.3 Å². The van der Waals surface area contributed by atoms with Gasteiger partial charge in [-0.3, -0.25) is 0 Å². The van der Waals surface area contributed by atoms with E-state index in [1.165, 1.54) is 0 Å². The number of likely N-dealkylation sites (N-methyl/N-ethyl adjacent to an activating group) is 2. The summed E-state index contributed by atoms with van der Waals surface area (Å²) in [5, 5.41) is 18.6. The number of benzene rings is 2. The Labute approximate surface area is 209 Å². The summed E-state index contributed by atoms with van der Waals surface area (Å²) in [6.45, 7) is 2.49. The number of sulfone groups is 1. The number of ether oxygens (including phenoxy) is 1. The van der Waals surface area contributed by atoms with Crippen molar-refractivity contribution in [1.29, 1.82) is 0 Å². The van der Waals surface area contributed by atoms with Crippen LogP contribution in [0.4, 0.5) is 0 Å². The molecule has 0 saturated heterocycles. The molecular formula is C23H34Cl2N2O5S. The molecule has 1 aliphatic heterocycles. The van der Waals surface area contributed by atoms with Crippen molar-refractivity contribution in [3.63, 3.8) is 0 Å². The second kappa shape index (κ2) is 10.9. The van der Waals surface area contributed by atoms with E-state index in [1.807, 2.05) is 46.4 Å². The minimum atomic E-state index is -3.67. The molecular weight excluding hydrogens is 487 g/mol. The number of quaternary nitrogens is 2. The van der Waals surface area contributed by atoms with Gasteiger partial charge in [0.15, 0.2) is 0 Å². The summed E-state index contributed by atoms with van der Waals surface area (Å²) in [5.74, 6) is 0.544. The molecule has 0 spiro atoms. The maximum Gasteiger partial charge on any atom is 0.207 e. The molecule has 2 N–H and O–H groups in total. The lowest BCUT2D eigenvalue weighted by Crippen LogP contribution is -3.00. The average molecular weight is 522 g/mol. The third-order valence-corrected chi connectivity index (χ3v) is 7.69. The molecule has 186 valence electrons. The molecule has 0 unspecified atom stereocenters. The maximum atomic E-state index is 13.5. The van der Waals surface area contributed by atoms with Crippen molar-refractivity contribution in [2.75, 3.05) is 61.6 Å². The number of aliphatic hydroxyl groups excluding tert-OH is 2. The number of hydrogen-bond acceptors (Lipinski definition) is 5. The van der Waals surface area contributed by atoms with Gasteiger partial charge < -0.3 is 48.7 Å². The molecule has 0 saturated carbocycles. The van der Waals surface area contributed by atoms with Crippen LogP contribution in [0.3, 0.4) is 0 Å². The van der Waals surface area contributed by atoms with Crippen LogP contribution in [-0.4, -0.2) is 89.2 Å². The first kappa shape index (κ1) is 29.6. The molecule has 2 aromatic carbocycles. The molecule has 0 amide bonds. The molecule has 0 radical (unpaired) electrons. The Bertz CT molecular complexity index is 1090. The fraction of sp³-hybridized carbons (Fsp3) is 0.478. The maximum absolute atomic E-state index is 13.5. The van der Waals surface area contributed by atoms with Crippen molar-refractivity contribution in [2.24, 2.45) is 0 Å². The third-order valence-electron chi connectivity index (χ3n) is 5.87. The second-order valence-corrected chi connectivity index (χ2v) is 11.5. The van der Waals surface area contributed by atoms with Crippen molar-refractivity contribution < 1.29 is 57.1 Å². The summed E-state index contributed by atoms with van der Waals surface area (Å²) in [6.07, 6.45) is 0. The zero-order valence-corrected chi connectivity index (χ0v) is 22.1. The zero-order chi connectivity index (χ0) is 23.0. The SMILES string of the molecule is COc1cc(C[N+](C)(C)CCO)cc2c1-c1ccc(C[N+](C)(C)CCO)cc1S2(=O)=O.[Cl-].[Cl-]. The lowest BCUT2D eigenvalue weighted by Gasteiger charge is -2.29. The molecule has 1 heterocycles. The van der Waals surface area contributed by atoms with Gasteiger partial charge in [0, 0.05) is 22.3 Å². The molecule has 33 heavy (non-hydrogen) atoms. The van der Waals surface area contributed by atoms with Crippen LogP contribution >= 0.6 is 0 Å². The van der Waals surface area contributed by atoms with Gasteiger partial charge in [-0.2, -0.15) is 0 Å². The van der Waals surface area contributed by atoms with Gasteiger partial charge >= 0.3 is 0 Å². The summed E-state index contributed by atoms with van der Waals surface area (Å²) in [6, 6.07) is 9.22. The molecule has 0 aromatic heterocycles. The monoisotopic (exact) mass is 520 g/mol. The van der Waals surface area contributed by atoms with Crippen LogP contribution in [0, 0.1) is 0 Å². The van der Waals surface area contributed by atoms with Gasteiger partial charge in [-0.15, -0.1) is 0 Å².